The first-order valence-electron chi connectivity index (χ1n) is 5.27. The number of esters is 1. The molecular formula is C12H13NO5. The van der Waals surface area contributed by atoms with Crippen LogP contribution in [0.2, 0.25) is 0 Å². The summed E-state index contributed by atoms with van der Waals surface area (Å²) in [4.78, 5) is 32.6. The zero-order valence-corrected chi connectivity index (χ0v) is 10.1. The van der Waals surface area contributed by atoms with Gasteiger partial charge in [0.25, 0.3) is 5.69 Å². The zero-order chi connectivity index (χ0) is 13.7. The molecule has 0 saturated heterocycles. The van der Waals surface area contributed by atoms with E-state index in [0.29, 0.717) is 5.56 Å². The number of carbonyl (C=O) groups excluding carboxylic acids is 2. The van der Waals surface area contributed by atoms with Crippen molar-refractivity contribution in [2.45, 2.75) is 19.3 Å². The van der Waals surface area contributed by atoms with Crippen molar-refractivity contribution in [3.63, 3.8) is 0 Å². The van der Waals surface area contributed by atoms with Gasteiger partial charge >= 0.3 is 5.97 Å². The lowest BCUT2D eigenvalue weighted by atomic mass is 9.92. The minimum Gasteiger partial charge on any atom is -0.469 e. The van der Waals surface area contributed by atoms with Crippen LogP contribution >= 0.6 is 0 Å². The third-order valence-corrected chi connectivity index (χ3v) is 2.60. The van der Waals surface area contributed by atoms with Gasteiger partial charge in [-0.15, -0.1) is 0 Å². The van der Waals surface area contributed by atoms with Gasteiger partial charge in [-0.1, -0.05) is 12.1 Å². The molecule has 0 radical (unpaired) electrons. The molecule has 6 heteroatoms. The number of methoxy groups -OCH3 is 1. The van der Waals surface area contributed by atoms with Crippen LogP contribution in [0.1, 0.15) is 24.8 Å². The number of nitro groups is 1. The van der Waals surface area contributed by atoms with Gasteiger partial charge in [0.05, 0.1) is 24.4 Å². The minimum absolute atomic E-state index is 0.0564. The van der Waals surface area contributed by atoms with Crippen LogP contribution in [0.4, 0.5) is 5.69 Å². The molecule has 0 heterocycles. The summed E-state index contributed by atoms with van der Waals surface area (Å²) in [6, 6.07) is 5.57. The topological polar surface area (TPSA) is 86.5 Å². The van der Waals surface area contributed by atoms with Crippen LogP contribution < -0.4 is 0 Å². The fourth-order valence-corrected chi connectivity index (χ4v) is 1.57. The molecule has 0 N–H and O–H groups in total. The molecule has 0 aromatic heterocycles. The van der Waals surface area contributed by atoms with E-state index in [9.17, 15) is 19.7 Å². The van der Waals surface area contributed by atoms with Crippen LogP contribution in [-0.4, -0.2) is 23.8 Å². The highest BCUT2D eigenvalue weighted by molar-refractivity contribution is 5.88. The summed E-state index contributed by atoms with van der Waals surface area (Å²) in [6.45, 7) is 1.37. The fourth-order valence-electron chi connectivity index (χ4n) is 1.57. The molecule has 1 rings (SSSR count). The number of benzene rings is 1. The van der Waals surface area contributed by atoms with E-state index in [0.717, 1.165) is 0 Å². The van der Waals surface area contributed by atoms with E-state index in [1.54, 1.807) is 0 Å². The van der Waals surface area contributed by atoms with Gasteiger partial charge in [-0.3, -0.25) is 19.7 Å². The Bertz CT molecular complexity index is 466. The molecule has 0 spiro atoms. The van der Waals surface area contributed by atoms with Gasteiger partial charge in [-0.05, 0) is 12.5 Å². The summed E-state index contributed by atoms with van der Waals surface area (Å²) >= 11 is 0. The lowest BCUT2D eigenvalue weighted by Gasteiger charge is -2.12. The molecule has 1 aromatic carbocycles. The van der Waals surface area contributed by atoms with E-state index in [-0.39, 0.29) is 17.9 Å². The summed E-state index contributed by atoms with van der Waals surface area (Å²) in [7, 11) is 1.25. The normalized spacial score (nSPS) is 11.7. The number of carbonyl (C=O) groups is 2. The average Bonchev–Trinajstić information content (AvgIpc) is 2.35. The summed E-state index contributed by atoms with van der Waals surface area (Å²) in [5, 5.41) is 10.5. The molecule has 0 aliphatic rings. The van der Waals surface area contributed by atoms with Crippen LogP contribution in [-0.2, 0) is 14.3 Å². The van der Waals surface area contributed by atoms with Crippen LogP contribution in [0.5, 0.6) is 0 Å². The maximum absolute atomic E-state index is 11.5. The number of ether oxygens (including phenoxy) is 1. The number of nitro benzene ring substituents is 1. The van der Waals surface area contributed by atoms with Crippen molar-refractivity contribution in [2.24, 2.45) is 0 Å². The summed E-state index contributed by atoms with van der Waals surface area (Å²) in [6.07, 6.45) is -0.0658. The molecular weight excluding hydrogens is 238 g/mol. The Morgan fingerprint density at radius 3 is 2.28 bits per heavy atom. The Morgan fingerprint density at radius 2 is 1.89 bits per heavy atom. The SMILES string of the molecule is COC(=O)CC(C(C)=O)c1ccc([N+](=O)[O-])cc1. The van der Waals surface area contributed by atoms with Crippen molar-refractivity contribution in [2.75, 3.05) is 7.11 Å². The molecule has 0 amide bonds. The third kappa shape index (κ3) is 3.38. The summed E-state index contributed by atoms with van der Waals surface area (Å²) in [5.41, 5.74) is 0.512. The first kappa shape index (κ1) is 13.8. The predicted octanol–water partition coefficient (Wildman–Crippen LogP) is 1.83. The third-order valence-electron chi connectivity index (χ3n) is 2.60. The first-order valence-corrected chi connectivity index (χ1v) is 5.27. The van der Waals surface area contributed by atoms with Gasteiger partial charge in [-0.25, -0.2) is 0 Å². The minimum atomic E-state index is -0.627. The van der Waals surface area contributed by atoms with Crippen molar-refractivity contribution in [1.29, 1.82) is 0 Å². The first-order chi connectivity index (χ1) is 8.45. The molecule has 0 aliphatic heterocycles. The molecule has 1 aromatic rings. The average molecular weight is 251 g/mol. The molecule has 0 aliphatic carbocycles. The van der Waals surface area contributed by atoms with Crippen LogP contribution in [0, 0.1) is 10.1 Å². The zero-order valence-electron chi connectivity index (χ0n) is 10.1. The molecule has 96 valence electrons. The Labute approximate surface area is 104 Å². The van der Waals surface area contributed by atoms with Gasteiger partial charge in [0, 0.05) is 12.1 Å². The van der Waals surface area contributed by atoms with Crippen LogP contribution in [0.3, 0.4) is 0 Å². The van der Waals surface area contributed by atoms with Crippen LogP contribution in [0.25, 0.3) is 0 Å². The summed E-state index contributed by atoms with van der Waals surface area (Å²) < 4.78 is 4.51. The highest BCUT2D eigenvalue weighted by Gasteiger charge is 2.21. The molecule has 0 bridgehead atoms. The van der Waals surface area contributed by atoms with E-state index in [2.05, 4.69) is 4.74 Å². The van der Waals surface area contributed by atoms with Crippen molar-refractivity contribution in [3.05, 3.63) is 39.9 Å². The second-order valence-corrected chi connectivity index (χ2v) is 3.79. The molecule has 1 atom stereocenters. The largest absolute Gasteiger partial charge is 0.469 e. The van der Waals surface area contributed by atoms with Gasteiger partial charge in [-0.2, -0.15) is 0 Å². The molecule has 18 heavy (non-hydrogen) atoms. The van der Waals surface area contributed by atoms with Gasteiger partial charge in [0.2, 0.25) is 0 Å². The van der Waals surface area contributed by atoms with Gasteiger partial charge in [0.15, 0.2) is 0 Å². The Balaban J connectivity index is 2.96. The lowest BCUT2D eigenvalue weighted by molar-refractivity contribution is -0.384. The Hall–Kier alpha value is -2.24. The second-order valence-electron chi connectivity index (χ2n) is 3.79. The summed E-state index contributed by atoms with van der Waals surface area (Å²) in [5.74, 6) is -1.30. The second kappa shape index (κ2) is 5.90. The number of Topliss-reactive ketones (excluding diaryl/α,β-unsaturated/α-hetero) is 1. The van der Waals surface area contributed by atoms with Gasteiger partial charge in [0.1, 0.15) is 5.78 Å². The van der Waals surface area contributed by atoms with Crippen molar-refractivity contribution >= 4 is 17.4 Å². The van der Waals surface area contributed by atoms with Crippen molar-refractivity contribution < 1.29 is 19.2 Å². The number of non-ortho nitro benzene ring substituents is 1. The van der Waals surface area contributed by atoms with E-state index < -0.39 is 16.8 Å². The maximum Gasteiger partial charge on any atom is 0.306 e. The number of nitrogens with zero attached hydrogens (tertiary/aromatic N) is 1. The van der Waals surface area contributed by atoms with Crippen LogP contribution in [0.15, 0.2) is 24.3 Å². The molecule has 0 saturated carbocycles. The molecule has 0 fully saturated rings. The molecule has 1 unspecified atom stereocenters. The highest BCUT2D eigenvalue weighted by atomic mass is 16.6. The monoisotopic (exact) mass is 251 g/mol. The standard InChI is InChI=1S/C12H13NO5/c1-8(14)11(7-12(15)18-2)9-3-5-10(6-4-9)13(16)17/h3-6,11H,7H2,1-2H3. The number of rotatable bonds is 5. The number of hydrogen-bond acceptors (Lipinski definition) is 5. The van der Waals surface area contributed by atoms with E-state index in [4.69, 9.17) is 0 Å². The predicted molar refractivity (Wildman–Crippen MR) is 63.2 cm³/mol. The van der Waals surface area contributed by atoms with E-state index in [1.165, 1.54) is 38.3 Å². The maximum atomic E-state index is 11.5. The fraction of sp³-hybridized carbons (Fsp3) is 0.333. The Morgan fingerprint density at radius 1 is 1.33 bits per heavy atom. The van der Waals surface area contributed by atoms with Crippen molar-refractivity contribution in [3.8, 4) is 0 Å². The quantitative estimate of drug-likeness (QED) is 0.452. The number of ketones is 1. The Kier molecular flexibility index (Phi) is 4.53. The van der Waals surface area contributed by atoms with Crippen molar-refractivity contribution in [1.82, 2.24) is 0 Å². The van der Waals surface area contributed by atoms with E-state index in [1.807, 2.05) is 0 Å². The smallest absolute Gasteiger partial charge is 0.306 e. The highest BCUT2D eigenvalue weighted by Crippen LogP contribution is 2.23. The molecule has 6 nitrogen and oxygen atoms in total. The lowest BCUT2D eigenvalue weighted by Crippen LogP contribution is -2.15. The number of hydrogen-bond donors (Lipinski definition) is 0. The van der Waals surface area contributed by atoms with E-state index >= 15 is 0 Å². The van der Waals surface area contributed by atoms with Gasteiger partial charge < -0.3 is 4.74 Å².